The first kappa shape index (κ1) is 16.6. The Morgan fingerprint density at radius 2 is 2.15 bits per heavy atom. The Kier molecular flexibility index (Phi) is 5.64. The van der Waals surface area contributed by atoms with E-state index >= 15 is 0 Å². The lowest BCUT2D eigenvalue weighted by Crippen LogP contribution is -2.23. The Labute approximate surface area is 123 Å². The van der Waals surface area contributed by atoms with Gasteiger partial charge in [0, 0.05) is 5.02 Å². The number of sulfone groups is 1. The van der Waals surface area contributed by atoms with Gasteiger partial charge in [-0.25, -0.2) is 8.42 Å². The van der Waals surface area contributed by atoms with Crippen LogP contribution in [0.1, 0.15) is 19.4 Å². The Balaban J connectivity index is 2.85. The van der Waals surface area contributed by atoms with E-state index in [1.54, 1.807) is 19.9 Å². The lowest BCUT2D eigenvalue weighted by atomic mass is 10.2. The summed E-state index contributed by atoms with van der Waals surface area (Å²) in [6.45, 7) is 3.18. The first-order valence-corrected chi connectivity index (χ1v) is 7.99. The SMILES string of the molecule is CC(C)S(=O)(=O)CCOc1cc(Cl)ccc1/C(N)=N/O. The Morgan fingerprint density at radius 3 is 2.70 bits per heavy atom. The highest BCUT2D eigenvalue weighted by Gasteiger charge is 2.17. The minimum atomic E-state index is -3.19. The highest BCUT2D eigenvalue weighted by molar-refractivity contribution is 7.91. The predicted octanol–water partition coefficient (Wildman–Crippen LogP) is 1.64. The first-order valence-electron chi connectivity index (χ1n) is 5.89. The van der Waals surface area contributed by atoms with E-state index in [1.165, 1.54) is 12.1 Å². The van der Waals surface area contributed by atoms with Gasteiger partial charge in [-0.15, -0.1) is 0 Å². The number of halogens is 1. The molecule has 20 heavy (non-hydrogen) atoms. The predicted molar refractivity (Wildman–Crippen MR) is 78.4 cm³/mol. The van der Waals surface area contributed by atoms with Gasteiger partial charge in [-0.1, -0.05) is 16.8 Å². The third kappa shape index (κ3) is 4.28. The van der Waals surface area contributed by atoms with E-state index in [9.17, 15) is 8.42 Å². The Hall–Kier alpha value is -1.47. The number of rotatable bonds is 6. The van der Waals surface area contributed by atoms with Gasteiger partial charge in [0.25, 0.3) is 0 Å². The van der Waals surface area contributed by atoms with Crippen LogP contribution in [0.5, 0.6) is 5.75 Å². The molecule has 1 aromatic rings. The number of benzene rings is 1. The van der Waals surface area contributed by atoms with E-state index < -0.39 is 15.1 Å². The Bertz CT molecular complexity index is 599. The van der Waals surface area contributed by atoms with Crippen molar-refractivity contribution in [3.05, 3.63) is 28.8 Å². The van der Waals surface area contributed by atoms with Crippen molar-refractivity contribution in [2.24, 2.45) is 10.9 Å². The van der Waals surface area contributed by atoms with Crippen molar-refractivity contribution in [3.8, 4) is 5.75 Å². The second-order valence-corrected chi connectivity index (χ2v) is 7.50. The zero-order valence-electron chi connectivity index (χ0n) is 11.2. The largest absolute Gasteiger partial charge is 0.492 e. The van der Waals surface area contributed by atoms with E-state index in [1.807, 2.05) is 0 Å². The third-order valence-corrected chi connectivity index (χ3v) is 5.08. The maximum absolute atomic E-state index is 11.7. The van der Waals surface area contributed by atoms with E-state index in [0.717, 1.165) is 0 Å². The molecule has 0 amide bonds. The van der Waals surface area contributed by atoms with Crippen LogP contribution in [-0.4, -0.2) is 37.1 Å². The number of nitrogens with zero attached hydrogens (tertiary/aromatic N) is 1. The molecule has 112 valence electrons. The van der Waals surface area contributed by atoms with Gasteiger partial charge in [-0.05, 0) is 32.0 Å². The van der Waals surface area contributed by atoms with Crippen molar-refractivity contribution in [3.63, 3.8) is 0 Å². The normalized spacial score (nSPS) is 12.7. The maximum Gasteiger partial charge on any atom is 0.173 e. The fraction of sp³-hybridized carbons (Fsp3) is 0.417. The molecular weight excluding hydrogens is 304 g/mol. The molecule has 0 aliphatic rings. The summed E-state index contributed by atoms with van der Waals surface area (Å²) >= 11 is 5.84. The summed E-state index contributed by atoms with van der Waals surface area (Å²) in [5, 5.41) is 11.5. The van der Waals surface area contributed by atoms with Crippen molar-refractivity contribution in [1.82, 2.24) is 0 Å². The number of amidine groups is 1. The number of ether oxygens (including phenoxy) is 1. The summed E-state index contributed by atoms with van der Waals surface area (Å²) < 4.78 is 28.7. The van der Waals surface area contributed by atoms with E-state index in [4.69, 9.17) is 27.3 Å². The molecule has 0 aromatic heterocycles. The summed E-state index contributed by atoms with van der Waals surface area (Å²) in [6, 6.07) is 4.58. The zero-order valence-corrected chi connectivity index (χ0v) is 12.8. The lowest BCUT2D eigenvalue weighted by Gasteiger charge is -2.12. The van der Waals surface area contributed by atoms with Gasteiger partial charge < -0.3 is 15.7 Å². The summed E-state index contributed by atoms with van der Waals surface area (Å²) in [5.41, 5.74) is 5.86. The molecule has 0 heterocycles. The molecule has 3 N–H and O–H groups in total. The van der Waals surface area contributed by atoms with Gasteiger partial charge in [0.2, 0.25) is 0 Å². The van der Waals surface area contributed by atoms with Crippen LogP contribution in [-0.2, 0) is 9.84 Å². The minimum Gasteiger partial charge on any atom is -0.492 e. The molecule has 1 aromatic carbocycles. The second kappa shape index (κ2) is 6.81. The van der Waals surface area contributed by atoms with Crippen LogP contribution in [0, 0.1) is 0 Å². The molecule has 0 aliphatic heterocycles. The molecule has 0 saturated carbocycles. The van der Waals surface area contributed by atoms with Crippen molar-refractivity contribution in [2.45, 2.75) is 19.1 Å². The summed E-state index contributed by atoms with van der Waals surface area (Å²) in [7, 11) is -3.19. The molecule has 0 spiro atoms. The van der Waals surface area contributed by atoms with Gasteiger partial charge in [0.05, 0.1) is 16.6 Å². The van der Waals surface area contributed by atoms with Crippen LogP contribution >= 0.6 is 11.6 Å². The zero-order chi connectivity index (χ0) is 15.3. The van der Waals surface area contributed by atoms with Crippen molar-refractivity contribution in [2.75, 3.05) is 12.4 Å². The van der Waals surface area contributed by atoms with Crippen LogP contribution in [0.2, 0.25) is 5.02 Å². The molecule has 6 nitrogen and oxygen atoms in total. The van der Waals surface area contributed by atoms with E-state index in [2.05, 4.69) is 5.16 Å². The number of hydrogen-bond donors (Lipinski definition) is 2. The fourth-order valence-electron chi connectivity index (χ4n) is 1.38. The molecule has 1 rings (SSSR count). The molecule has 0 aliphatic carbocycles. The maximum atomic E-state index is 11.7. The molecule has 0 radical (unpaired) electrons. The van der Waals surface area contributed by atoms with Gasteiger partial charge in [0.1, 0.15) is 12.4 Å². The highest BCUT2D eigenvalue weighted by Crippen LogP contribution is 2.23. The highest BCUT2D eigenvalue weighted by atomic mass is 35.5. The van der Waals surface area contributed by atoms with Gasteiger partial charge in [-0.3, -0.25) is 0 Å². The molecule has 8 heteroatoms. The van der Waals surface area contributed by atoms with Crippen LogP contribution in [0.25, 0.3) is 0 Å². The topological polar surface area (TPSA) is 102 Å². The van der Waals surface area contributed by atoms with Crippen LogP contribution in [0.4, 0.5) is 0 Å². The quantitative estimate of drug-likeness (QED) is 0.359. The molecule has 0 bridgehead atoms. The monoisotopic (exact) mass is 320 g/mol. The van der Waals surface area contributed by atoms with E-state index in [0.29, 0.717) is 10.6 Å². The van der Waals surface area contributed by atoms with Crippen molar-refractivity contribution >= 4 is 27.3 Å². The van der Waals surface area contributed by atoms with Crippen LogP contribution in [0.15, 0.2) is 23.4 Å². The third-order valence-electron chi connectivity index (χ3n) is 2.67. The molecule has 0 saturated heterocycles. The fourth-order valence-corrected chi connectivity index (χ4v) is 2.33. The average Bonchev–Trinajstić information content (AvgIpc) is 2.37. The van der Waals surface area contributed by atoms with Gasteiger partial charge in [-0.2, -0.15) is 0 Å². The standard InChI is InChI=1S/C12H17ClN2O4S/c1-8(2)20(17,18)6-5-19-11-7-9(13)3-4-10(11)12(14)15-16/h3-4,7-8,16H,5-6H2,1-2H3,(H2,14,15). The van der Waals surface area contributed by atoms with Crippen molar-refractivity contribution < 1.29 is 18.4 Å². The van der Waals surface area contributed by atoms with Crippen LogP contribution < -0.4 is 10.5 Å². The smallest absolute Gasteiger partial charge is 0.173 e. The number of nitrogens with two attached hydrogens (primary N) is 1. The van der Waals surface area contributed by atoms with Crippen molar-refractivity contribution in [1.29, 1.82) is 0 Å². The lowest BCUT2D eigenvalue weighted by molar-refractivity contribution is 0.317. The summed E-state index contributed by atoms with van der Waals surface area (Å²) in [4.78, 5) is 0. The Morgan fingerprint density at radius 1 is 1.50 bits per heavy atom. The summed E-state index contributed by atoms with van der Waals surface area (Å²) in [5.74, 6) is 0.0161. The minimum absolute atomic E-state index is 0.0352. The first-order chi connectivity index (χ1) is 9.27. The molecular formula is C12H17ClN2O4S. The van der Waals surface area contributed by atoms with Gasteiger partial charge >= 0.3 is 0 Å². The second-order valence-electron chi connectivity index (χ2n) is 4.39. The molecule has 0 unspecified atom stereocenters. The number of oxime groups is 1. The summed E-state index contributed by atoms with van der Waals surface area (Å²) in [6.07, 6.45) is 0. The van der Waals surface area contributed by atoms with Crippen LogP contribution in [0.3, 0.4) is 0 Å². The average molecular weight is 321 g/mol. The van der Waals surface area contributed by atoms with E-state index in [-0.39, 0.29) is 23.9 Å². The molecule has 0 atom stereocenters. The molecule has 0 fully saturated rings. The number of hydrogen-bond acceptors (Lipinski definition) is 5. The van der Waals surface area contributed by atoms with Gasteiger partial charge in [0.15, 0.2) is 15.7 Å².